The van der Waals surface area contributed by atoms with E-state index in [0.29, 0.717) is 5.91 Å². The van der Waals surface area contributed by atoms with Crippen LogP contribution < -0.4 is 0 Å². The molecule has 1 aromatic rings. The van der Waals surface area contributed by atoms with Crippen LogP contribution in [0.1, 0.15) is 32.1 Å². The Morgan fingerprint density at radius 3 is 2.57 bits per heavy atom. The number of amides is 1. The first-order valence-electron chi connectivity index (χ1n) is 8.30. The zero-order valence-electron chi connectivity index (χ0n) is 13.6. The van der Waals surface area contributed by atoms with Crippen molar-refractivity contribution in [3.05, 3.63) is 3.95 Å². The van der Waals surface area contributed by atoms with Crippen LogP contribution in [0.15, 0.2) is 4.34 Å². The Morgan fingerprint density at radius 1 is 1.26 bits per heavy atom. The summed E-state index contributed by atoms with van der Waals surface area (Å²) in [4.78, 5) is 17.0. The topological polar surface area (TPSA) is 41.4 Å². The summed E-state index contributed by atoms with van der Waals surface area (Å²) in [5.41, 5.74) is 0. The number of hydrogen-bond donors (Lipinski definition) is 0. The molecule has 128 valence electrons. The molecule has 0 aromatic carbocycles. The Morgan fingerprint density at radius 2 is 1.96 bits per heavy atom. The maximum Gasteiger partial charge on any atom is 0.225 e. The van der Waals surface area contributed by atoms with E-state index >= 15 is 0 Å². The van der Waals surface area contributed by atoms with Gasteiger partial charge >= 0.3 is 0 Å². The first kappa shape index (κ1) is 17.4. The van der Waals surface area contributed by atoms with Crippen LogP contribution in [0.4, 0.5) is 0 Å². The smallest absolute Gasteiger partial charge is 0.225 e. The zero-order chi connectivity index (χ0) is 16.2. The van der Waals surface area contributed by atoms with Gasteiger partial charge in [0.15, 0.2) is 8.29 Å². The number of carbonyl (C=O) groups excluding carboxylic acids is 1. The summed E-state index contributed by atoms with van der Waals surface area (Å²) in [7, 11) is 0. The molecule has 1 aromatic heterocycles. The van der Waals surface area contributed by atoms with E-state index in [1.165, 1.54) is 19.3 Å². The van der Waals surface area contributed by atoms with Gasteiger partial charge in [-0.15, -0.1) is 0 Å². The second-order valence-corrected chi connectivity index (χ2v) is 8.93. The lowest BCUT2D eigenvalue weighted by molar-refractivity contribution is -0.138. The monoisotopic (exact) mass is 372 g/mol. The number of rotatable bonds is 4. The second-order valence-electron chi connectivity index (χ2n) is 6.26. The van der Waals surface area contributed by atoms with Crippen molar-refractivity contribution in [1.29, 1.82) is 0 Å². The van der Waals surface area contributed by atoms with Crippen molar-refractivity contribution < 1.29 is 4.79 Å². The number of carbonyl (C=O) groups is 1. The average Bonchev–Trinajstić information content (AvgIpc) is 2.96. The molecular weight excluding hydrogens is 348 g/mol. The lowest BCUT2D eigenvalue weighted by Crippen LogP contribution is -2.50. The highest BCUT2D eigenvalue weighted by Crippen LogP contribution is 2.26. The molecule has 1 aliphatic carbocycles. The number of aromatic nitrogens is 2. The average molecular weight is 373 g/mol. The SMILES string of the molecule is CSc1nn(CN2CCN(C(=O)C3CCCCC3)CC2)c(=S)s1. The van der Waals surface area contributed by atoms with Crippen molar-refractivity contribution in [3.63, 3.8) is 0 Å². The van der Waals surface area contributed by atoms with Crippen LogP contribution in [-0.2, 0) is 11.5 Å². The van der Waals surface area contributed by atoms with Crippen LogP contribution in [0.2, 0.25) is 0 Å². The van der Waals surface area contributed by atoms with Gasteiger partial charge in [-0.05, 0) is 31.3 Å². The van der Waals surface area contributed by atoms with Gasteiger partial charge in [-0.1, -0.05) is 42.4 Å². The molecule has 1 saturated heterocycles. The Balaban J connectivity index is 1.50. The summed E-state index contributed by atoms with van der Waals surface area (Å²) < 4.78 is 3.75. The summed E-state index contributed by atoms with van der Waals surface area (Å²) in [6.07, 6.45) is 7.93. The summed E-state index contributed by atoms with van der Waals surface area (Å²) in [6, 6.07) is 0. The molecule has 0 spiro atoms. The van der Waals surface area contributed by atoms with Crippen molar-refractivity contribution in [2.24, 2.45) is 5.92 Å². The van der Waals surface area contributed by atoms with E-state index in [2.05, 4.69) is 14.9 Å². The van der Waals surface area contributed by atoms with Crippen LogP contribution in [0.25, 0.3) is 0 Å². The van der Waals surface area contributed by atoms with Gasteiger partial charge in [0.05, 0.1) is 6.67 Å². The Bertz CT molecular complexity index is 586. The zero-order valence-corrected chi connectivity index (χ0v) is 16.0. The molecule has 23 heavy (non-hydrogen) atoms. The molecule has 2 fully saturated rings. The van der Waals surface area contributed by atoms with Gasteiger partial charge < -0.3 is 4.90 Å². The summed E-state index contributed by atoms with van der Waals surface area (Å²) in [5, 5.41) is 4.52. The van der Waals surface area contributed by atoms with Gasteiger partial charge in [0.2, 0.25) is 5.91 Å². The molecule has 0 radical (unpaired) electrons. The van der Waals surface area contributed by atoms with E-state index in [4.69, 9.17) is 12.2 Å². The largest absolute Gasteiger partial charge is 0.340 e. The van der Waals surface area contributed by atoms with E-state index in [-0.39, 0.29) is 5.92 Å². The Kier molecular flexibility index (Phi) is 6.12. The van der Waals surface area contributed by atoms with Crippen molar-refractivity contribution >= 4 is 41.2 Å². The molecule has 2 heterocycles. The lowest BCUT2D eigenvalue weighted by Gasteiger charge is -2.36. The minimum Gasteiger partial charge on any atom is -0.340 e. The highest BCUT2D eigenvalue weighted by molar-refractivity contribution is 8.00. The molecule has 3 rings (SSSR count). The van der Waals surface area contributed by atoms with Crippen LogP contribution in [0.5, 0.6) is 0 Å². The van der Waals surface area contributed by atoms with Crippen LogP contribution in [0, 0.1) is 9.87 Å². The quantitative estimate of drug-likeness (QED) is 0.600. The van der Waals surface area contributed by atoms with E-state index in [1.807, 2.05) is 10.9 Å². The predicted molar refractivity (Wildman–Crippen MR) is 97.4 cm³/mol. The third-order valence-corrected chi connectivity index (χ3v) is 7.02. The highest BCUT2D eigenvalue weighted by atomic mass is 32.2. The van der Waals surface area contributed by atoms with Gasteiger partial charge in [-0.2, -0.15) is 5.10 Å². The fourth-order valence-electron chi connectivity index (χ4n) is 3.37. The van der Waals surface area contributed by atoms with Crippen LogP contribution >= 0.6 is 35.3 Å². The fraction of sp³-hybridized carbons (Fsp3) is 0.800. The minimum atomic E-state index is 0.284. The number of nitrogens with zero attached hydrogens (tertiary/aromatic N) is 4. The van der Waals surface area contributed by atoms with Crippen molar-refractivity contribution in [3.8, 4) is 0 Å². The third kappa shape index (κ3) is 4.35. The maximum atomic E-state index is 12.6. The summed E-state index contributed by atoms with van der Waals surface area (Å²) >= 11 is 8.57. The molecule has 2 aliphatic rings. The Hall–Kier alpha value is -0.440. The van der Waals surface area contributed by atoms with Crippen molar-refractivity contribution in [1.82, 2.24) is 19.6 Å². The molecule has 0 bridgehead atoms. The number of hydrogen-bond acceptors (Lipinski definition) is 6. The first-order chi connectivity index (χ1) is 11.2. The minimum absolute atomic E-state index is 0.284. The predicted octanol–water partition coefficient (Wildman–Crippen LogP) is 3.08. The molecular formula is C15H24N4OS3. The fourth-order valence-corrected chi connectivity index (χ4v) is 5.10. The summed E-state index contributed by atoms with van der Waals surface area (Å²) in [5.74, 6) is 0.672. The molecule has 1 saturated carbocycles. The molecule has 1 aliphatic heterocycles. The summed E-state index contributed by atoms with van der Waals surface area (Å²) in [6.45, 7) is 4.23. The van der Waals surface area contributed by atoms with Gasteiger partial charge in [0, 0.05) is 32.1 Å². The maximum absolute atomic E-state index is 12.6. The molecule has 1 amide bonds. The highest BCUT2D eigenvalue weighted by Gasteiger charge is 2.28. The van der Waals surface area contributed by atoms with Crippen LogP contribution in [0.3, 0.4) is 0 Å². The standard InChI is InChI=1S/C15H24N4OS3/c1-22-14-16-19(15(21)23-14)11-17-7-9-18(10-8-17)13(20)12-5-3-2-4-6-12/h12H,2-11H2,1H3. The van der Waals surface area contributed by atoms with Gasteiger partial charge in [-0.25, -0.2) is 4.68 Å². The van der Waals surface area contributed by atoms with Gasteiger partial charge in [-0.3, -0.25) is 9.69 Å². The lowest BCUT2D eigenvalue weighted by atomic mass is 9.88. The van der Waals surface area contributed by atoms with E-state index in [0.717, 1.165) is 54.0 Å². The molecule has 5 nitrogen and oxygen atoms in total. The van der Waals surface area contributed by atoms with Gasteiger partial charge in [0.1, 0.15) is 0 Å². The number of piperazine rings is 1. The first-order valence-corrected chi connectivity index (χ1v) is 10.8. The number of thioether (sulfide) groups is 1. The molecule has 0 unspecified atom stereocenters. The molecule has 0 N–H and O–H groups in total. The third-order valence-electron chi connectivity index (χ3n) is 4.73. The molecule has 8 heteroatoms. The molecule has 0 atom stereocenters. The second kappa shape index (κ2) is 8.09. The van der Waals surface area contributed by atoms with E-state index in [9.17, 15) is 4.79 Å². The van der Waals surface area contributed by atoms with Gasteiger partial charge in [0.25, 0.3) is 0 Å². The van der Waals surface area contributed by atoms with Crippen molar-refractivity contribution in [2.75, 3.05) is 32.4 Å². The van der Waals surface area contributed by atoms with Crippen molar-refractivity contribution in [2.45, 2.75) is 43.1 Å². The Labute approximate surface area is 151 Å². The van der Waals surface area contributed by atoms with Crippen LogP contribution in [-0.4, -0.2) is 57.9 Å². The normalized spacial score (nSPS) is 20.8. The van der Waals surface area contributed by atoms with E-state index < -0.39 is 0 Å². The van der Waals surface area contributed by atoms with E-state index in [1.54, 1.807) is 23.1 Å².